The molecule has 0 aliphatic carbocycles. The summed E-state index contributed by atoms with van der Waals surface area (Å²) in [5.74, 6) is 2.22. The molecular formula is C15H27N3. The first kappa shape index (κ1) is 13.5. The van der Waals surface area contributed by atoms with E-state index in [0.717, 1.165) is 5.92 Å². The van der Waals surface area contributed by atoms with Crippen LogP contribution in [0.4, 0.5) is 5.82 Å². The fraction of sp³-hybridized carbons (Fsp3) is 0.733. The van der Waals surface area contributed by atoms with Crippen LogP contribution < -0.4 is 10.2 Å². The molecule has 0 atom stereocenters. The van der Waals surface area contributed by atoms with Crippen molar-refractivity contribution >= 4 is 5.82 Å². The molecule has 0 unspecified atom stereocenters. The van der Waals surface area contributed by atoms with Crippen molar-refractivity contribution in [2.24, 2.45) is 5.92 Å². The summed E-state index contributed by atoms with van der Waals surface area (Å²) in [4.78, 5) is 5.78. The van der Waals surface area contributed by atoms with Gasteiger partial charge in [0.05, 0.1) is 0 Å². The van der Waals surface area contributed by atoms with E-state index >= 15 is 0 Å². The quantitative estimate of drug-likeness (QED) is 0.759. The molecule has 1 aliphatic heterocycles. The van der Waals surface area contributed by atoms with Crippen molar-refractivity contribution in [2.45, 2.75) is 45.6 Å². The van der Waals surface area contributed by atoms with Crippen LogP contribution in [0.25, 0.3) is 0 Å². The van der Waals surface area contributed by atoms with Gasteiger partial charge in [-0.1, -0.05) is 13.8 Å². The van der Waals surface area contributed by atoms with Crippen LogP contribution in [-0.4, -0.2) is 30.7 Å². The average molecular weight is 249 g/mol. The Labute approximate surface area is 111 Å². The minimum atomic E-state index is 0.625. The molecule has 0 aromatic carbocycles. The van der Waals surface area contributed by atoms with Crippen LogP contribution in [0.1, 0.15) is 39.5 Å². The topological polar surface area (TPSA) is 31.1 Å². The molecule has 3 heteroatoms. The van der Waals surface area contributed by atoms with Gasteiger partial charge in [-0.25, -0.2) is 0 Å². The van der Waals surface area contributed by atoms with E-state index in [1.165, 1.54) is 51.1 Å². The number of anilines is 1. The SMILES string of the molecule is CC(C)NCCCC1CCN(c2ccc[nH]2)CC1. The maximum Gasteiger partial charge on any atom is 0.105 e. The molecule has 2 heterocycles. The number of rotatable bonds is 6. The van der Waals surface area contributed by atoms with Gasteiger partial charge in [-0.2, -0.15) is 0 Å². The van der Waals surface area contributed by atoms with Crippen molar-refractivity contribution in [1.82, 2.24) is 10.3 Å². The van der Waals surface area contributed by atoms with Crippen LogP contribution in [0.2, 0.25) is 0 Å². The van der Waals surface area contributed by atoms with Crippen molar-refractivity contribution < 1.29 is 0 Å². The van der Waals surface area contributed by atoms with Gasteiger partial charge in [0.25, 0.3) is 0 Å². The van der Waals surface area contributed by atoms with Gasteiger partial charge in [0, 0.05) is 25.3 Å². The van der Waals surface area contributed by atoms with Crippen LogP contribution in [0, 0.1) is 5.92 Å². The molecule has 0 spiro atoms. The molecule has 0 amide bonds. The van der Waals surface area contributed by atoms with Gasteiger partial charge in [0.2, 0.25) is 0 Å². The van der Waals surface area contributed by atoms with E-state index in [2.05, 4.69) is 41.2 Å². The van der Waals surface area contributed by atoms with E-state index in [1.807, 2.05) is 6.20 Å². The highest BCUT2D eigenvalue weighted by atomic mass is 15.2. The van der Waals surface area contributed by atoms with Gasteiger partial charge in [-0.05, 0) is 50.3 Å². The minimum absolute atomic E-state index is 0.625. The molecule has 0 bridgehead atoms. The number of aromatic nitrogens is 1. The van der Waals surface area contributed by atoms with Gasteiger partial charge in [0.1, 0.15) is 5.82 Å². The third-order valence-electron chi connectivity index (χ3n) is 3.88. The van der Waals surface area contributed by atoms with Crippen LogP contribution in [0.3, 0.4) is 0 Å². The van der Waals surface area contributed by atoms with Crippen molar-refractivity contribution in [3.05, 3.63) is 18.3 Å². The monoisotopic (exact) mass is 249 g/mol. The third-order valence-corrected chi connectivity index (χ3v) is 3.88. The molecule has 0 radical (unpaired) electrons. The molecule has 1 aromatic heterocycles. The Balaban J connectivity index is 1.62. The third kappa shape index (κ3) is 4.05. The first-order valence-corrected chi connectivity index (χ1v) is 7.37. The smallest absolute Gasteiger partial charge is 0.105 e. The second-order valence-electron chi connectivity index (χ2n) is 5.74. The van der Waals surface area contributed by atoms with Crippen LogP contribution >= 0.6 is 0 Å². The Kier molecular flexibility index (Phi) is 5.12. The molecule has 1 fully saturated rings. The van der Waals surface area contributed by atoms with Gasteiger partial charge in [-0.15, -0.1) is 0 Å². The lowest BCUT2D eigenvalue weighted by Gasteiger charge is -2.32. The first-order valence-electron chi connectivity index (χ1n) is 7.37. The van der Waals surface area contributed by atoms with Crippen molar-refractivity contribution in [2.75, 3.05) is 24.5 Å². The van der Waals surface area contributed by atoms with Gasteiger partial charge < -0.3 is 15.2 Å². The van der Waals surface area contributed by atoms with Crippen LogP contribution in [-0.2, 0) is 0 Å². The fourth-order valence-corrected chi connectivity index (χ4v) is 2.76. The van der Waals surface area contributed by atoms with E-state index in [9.17, 15) is 0 Å². The molecule has 3 nitrogen and oxygen atoms in total. The molecule has 0 saturated carbocycles. The van der Waals surface area contributed by atoms with Crippen molar-refractivity contribution in [3.63, 3.8) is 0 Å². The van der Waals surface area contributed by atoms with Gasteiger partial charge in [-0.3, -0.25) is 0 Å². The summed E-state index contributed by atoms with van der Waals surface area (Å²) in [5.41, 5.74) is 0. The summed E-state index contributed by atoms with van der Waals surface area (Å²) >= 11 is 0. The Hall–Kier alpha value is -0.960. The Morgan fingerprint density at radius 1 is 1.39 bits per heavy atom. The summed E-state index contributed by atoms with van der Waals surface area (Å²) in [6.45, 7) is 8.03. The molecular weight excluding hydrogens is 222 g/mol. The summed E-state index contributed by atoms with van der Waals surface area (Å²) in [6, 6.07) is 4.88. The van der Waals surface area contributed by atoms with E-state index in [4.69, 9.17) is 0 Å². The maximum absolute atomic E-state index is 3.50. The molecule has 2 N–H and O–H groups in total. The zero-order valence-electron chi connectivity index (χ0n) is 11.8. The molecule has 102 valence electrons. The highest BCUT2D eigenvalue weighted by Crippen LogP contribution is 2.24. The van der Waals surface area contributed by atoms with Crippen molar-refractivity contribution in [3.8, 4) is 0 Å². The normalized spacial score (nSPS) is 17.6. The molecule has 1 aliphatic rings. The lowest BCUT2D eigenvalue weighted by Crippen LogP contribution is -2.34. The Morgan fingerprint density at radius 2 is 2.17 bits per heavy atom. The maximum atomic E-state index is 3.50. The van der Waals surface area contributed by atoms with Gasteiger partial charge >= 0.3 is 0 Å². The number of hydrogen-bond donors (Lipinski definition) is 2. The Morgan fingerprint density at radius 3 is 2.78 bits per heavy atom. The standard InChI is InChI=1S/C15H27N3/c1-13(2)16-9-3-5-14-7-11-18(12-8-14)15-6-4-10-17-15/h4,6,10,13-14,16-17H,3,5,7-9,11-12H2,1-2H3. The Bertz CT molecular complexity index is 310. The zero-order chi connectivity index (χ0) is 12.8. The number of aromatic amines is 1. The number of nitrogens with one attached hydrogen (secondary N) is 2. The number of nitrogens with zero attached hydrogens (tertiary/aromatic N) is 1. The second kappa shape index (κ2) is 6.83. The van der Waals surface area contributed by atoms with Crippen LogP contribution in [0.5, 0.6) is 0 Å². The second-order valence-corrected chi connectivity index (χ2v) is 5.74. The largest absolute Gasteiger partial charge is 0.358 e. The molecule has 1 aromatic rings. The summed E-state index contributed by atoms with van der Waals surface area (Å²) in [7, 11) is 0. The van der Waals surface area contributed by atoms with E-state index in [-0.39, 0.29) is 0 Å². The lowest BCUT2D eigenvalue weighted by molar-refractivity contribution is 0.366. The summed E-state index contributed by atoms with van der Waals surface area (Å²) in [5, 5.41) is 3.50. The van der Waals surface area contributed by atoms with E-state index < -0.39 is 0 Å². The predicted molar refractivity (Wildman–Crippen MR) is 78.1 cm³/mol. The molecule has 1 saturated heterocycles. The fourth-order valence-electron chi connectivity index (χ4n) is 2.76. The first-order chi connectivity index (χ1) is 8.75. The minimum Gasteiger partial charge on any atom is -0.358 e. The highest BCUT2D eigenvalue weighted by Gasteiger charge is 2.19. The van der Waals surface area contributed by atoms with Gasteiger partial charge in [0.15, 0.2) is 0 Å². The predicted octanol–water partition coefficient (Wildman–Crippen LogP) is 3.01. The molecule has 18 heavy (non-hydrogen) atoms. The van der Waals surface area contributed by atoms with Crippen molar-refractivity contribution in [1.29, 1.82) is 0 Å². The molecule has 2 rings (SSSR count). The number of H-pyrrole nitrogens is 1. The number of hydrogen-bond acceptors (Lipinski definition) is 2. The highest BCUT2D eigenvalue weighted by molar-refractivity contribution is 5.38. The summed E-state index contributed by atoms with van der Waals surface area (Å²) < 4.78 is 0. The van der Waals surface area contributed by atoms with E-state index in [1.54, 1.807) is 0 Å². The zero-order valence-corrected chi connectivity index (χ0v) is 11.8. The average Bonchev–Trinajstić information content (AvgIpc) is 2.89. The number of piperidine rings is 1. The lowest BCUT2D eigenvalue weighted by atomic mass is 9.92. The van der Waals surface area contributed by atoms with Crippen LogP contribution in [0.15, 0.2) is 18.3 Å². The van der Waals surface area contributed by atoms with E-state index in [0.29, 0.717) is 6.04 Å². The summed E-state index contributed by atoms with van der Waals surface area (Å²) in [6.07, 6.45) is 7.42.